The third-order valence-corrected chi connectivity index (χ3v) is 2.80. The molecule has 0 bridgehead atoms. The molecule has 1 aliphatic carbocycles. The van der Waals surface area contributed by atoms with E-state index in [-0.39, 0.29) is 18.0 Å². The lowest BCUT2D eigenvalue weighted by Crippen LogP contribution is -2.45. The van der Waals surface area contributed by atoms with Crippen LogP contribution in [0.25, 0.3) is 0 Å². The number of hydrogen-bond donors (Lipinski definition) is 2. The van der Waals surface area contributed by atoms with E-state index in [9.17, 15) is 4.79 Å². The van der Waals surface area contributed by atoms with Crippen LogP contribution in [0.5, 0.6) is 0 Å². The van der Waals surface area contributed by atoms with Gasteiger partial charge in [0.1, 0.15) is 0 Å². The Morgan fingerprint density at radius 3 is 2.62 bits per heavy atom. The number of hydrogen-bond acceptors (Lipinski definition) is 3. The van der Waals surface area contributed by atoms with Gasteiger partial charge >= 0.3 is 0 Å². The molecular weight excluding hydrogens is 204 g/mol. The Bertz CT molecular complexity index is 215. The number of ether oxygens (including phenoxy) is 1. The van der Waals surface area contributed by atoms with Gasteiger partial charge in [-0.05, 0) is 18.8 Å². The predicted octanol–water partition coefficient (Wildman–Crippen LogP) is 1.05. The minimum Gasteiger partial charge on any atom is -0.381 e. The highest BCUT2D eigenvalue weighted by atomic mass is 16.5. The van der Waals surface area contributed by atoms with E-state index in [1.165, 1.54) is 19.3 Å². The van der Waals surface area contributed by atoms with Crippen LogP contribution >= 0.6 is 0 Å². The number of amides is 1. The first-order chi connectivity index (χ1) is 7.59. The first kappa shape index (κ1) is 13.5. The summed E-state index contributed by atoms with van der Waals surface area (Å²) in [4.78, 5) is 11.1. The monoisotopic (exact) mass is 228 g/mol. The van der Waals surface area contributed by atoms with E-state index in [1.54, 1.807) is 0 Å². The van der Waals surface area contributed by atoms with Crippen molar-refractivity contribution in [1.82, 2.24) is 5.32 Å². The summed E-state index contributed by atoms with van der Waals surface area (Å²) in [7, 11) is 0. The van der Waals surface area contributed by atoms with Crippen molar-refractivity contribution in [3.05, 3.63) is 0 Å². The van der Waals surface area contributed by atoms with E-state index in [0.29, 0.717) is 13.0 Å². The molecule has 94 valence electrons. The van der Waals surface area contributed by atoms with Crippen LogP contribution in [0.3, 0.4) is 0 Å². The summed E-state index contributed by atoms with van der Waals surface area (Å²) in [5.41, 5.74) is 5.30. The molecule has 1 saturated carbocycles. The van der Waals surface area contributed by atoms with Gasteiger partial charge in [0.15, 0.2) is 0 Å². The number of nitrogens with two attached hydrogens (primary N) is 1. The van der Waals surface area contributed by atoms with Gasteiger partial charge in [-0.2, -0.15) is 0 Å². The van der Waals surface area contributed by atoms with Gasteiger partial charge in [-0.3, -0.25) is 4.79 Å². The van der Waals surface area contributed by atoms with E-state index in [0.717, 1.165) is 12.5 Å². The number of nitrogens with one attached hydrogen (secondary N) is 1. The average molecular weight is 228 g/mol. The molecule has 1 amide bonds. The van der Waals surface area contributed by atoms with Gasteiger partial charge in [0.25, 0.3) is 0 Å². The maximum Gasteiger partial charge on any atom is 0.234 e. The maximum atomic E-state index is 11.1. The van der Waals surface area contributed by atoms with Crippen LogP contribution in [-0.2, 0) is 9.53 Å². The number of carbonyl (C=O) groups is 1. The van der Waals surface area contributed by atoms with E-state index in [2.05, 4.69) is 5.32 Å². The minimum absolute atomic E-state index is 0.263. The quantitative estimate of drug-likeness (QED) is 0.580. The molecule has 16 heavy (non-hydrogen) atoms. The van der Waals surface area contributed by atoms with Gasteiger partial charge < -0.3 is 15.8 Å². The molecular formula is C12H24N2O2. The van der Waals surface area contributed by atoms with Gasteiger partial charge in [-0.15, -0.1) is 0 Å². The second-order valence-corrected chi connectivity index (χ2v) is 4.91. The second kappa shape index (κ2) is 6.86. The van der Waals surface area contributed by atoms with Crippen molar-refractivity contribution >= 4 is 5.91 Å². The highest BCUT2D eigenvalue weighted by Crippen LogP contribution is 2.32. The summed E-state index contributed by atoms with van der Waals surface area (Å²) < 4.78 is 5.50. The molecule has 1 fully saturated rings. The van der Waals surface area contributed by atoms with Gasteiger partial charge in [-0.1, -0.05) is 26.7 Å². The Morgan fingerprint density at radius 2 is 2.12 bits per heavy atom. The van der Waals surface area contributed by atoms with Gasteiger partial charge in [0.05, 0.1) is 6.04 Å². The molecule has 0 aromatic rings. The first-order valence-electron chi connectivity index (χ1n) is 6.22. The van der Waals surface area contributed by atoms with Crippen LogP contribution < -0.4 is 11.1 Å². The van der Waals surface area contributed by atoms with Crippen molar-refractivity contribution in [1.29, 1.82) is 0 Å². The molecule has 1 unspecified atom stereocenters. The Kier molecular flexibility index (Phi) is 5.77. The van der Waals surface area contributed by atoms with Crippen LogP contribution in [0.1, 0.15) is 39.5 Å². The van der Waals surface area contributed by atoms with E-state index < -0.39 is 0 Å². The molecule has 1 atom stereocenters. The Labute approximate surface area is 97.9 Å². The zero-order chi connectivity index (χ0) is 12.0. The summed E-state index contributed by atoms with van der Waals surface area (Å²) >= 11 is 0. The van der Waals surface area contributed by atoms with Crippen molar-refractivity contribution in [3.8, 4) is 0 Å². The fraction of sp³-hybridized carbons (Fsp3) is 0.917. The number of rotatable bonds is 9. The molecule has 0 aromatic carbocycles. The van der Waals surface area contributed by atoms with Crippen LogP contribution in [0.15, 0.2) is 0 Å². The smallest absolute Gasteiger partial charge is 0.234 e. The molecule has 3 N–H and O–H groups in total. The fourth-order valence-corrected chi connectivity index (χ4v) is 1.67. The third-order valence-electron chi connectivity index (χ3n) is 2.80. The Balaban J connectivity index is 2.03. The molecule has 0 spiro atoms. The lowest BCUT2D eigenvalue weighted by atomic mass is 10.2. The van der Waals surface area contributed by atoms with Crippen LogP contribution in [0.2, 0.25) is 0 Å². The minimum atomic E-state index is -0.292. The number of carbonyl (C=O) groups excluding carboxylic acids is 1. The zero-order valence-corrected chi connectivity index (χ0v) is 10.4. The van der Waals surface area contributed by atoms with Crippen molar-refractivity contribution in [2.75, 3.05) is 13.2 Å². The van der Waals surface area contributed by atoms with Gasteiger partial charge in [0, 0.05) is 19.3 Å². The van der Waals surface area contributed by atoms with Crippen molar-refractivity contribution < 1.29 is 9.53 Å². The highest BCUT2D eigenvalue weighted by Gasteiger charge is 2.20. The standard InChI is InChI=1S/C12H24N2O2/c1-9(2)14-11(12(13)15)6-8-16-7-5-10-3-4-10/h9-11,14H,3-8H2,1-2H3,(H2,13,15). The van der Waals surface area contributed by atoms with Gasteiger partial charge in [-0.25, -0.2) is 0 Å². The maximum absolute atomic E-state index is 11.1. The average Bonchev–Trinajstić information content (AvgIpc) is 2.98. The summed E-state index contributed by atoms with van der Waals surface area (Å²) in [6.45, 7) is 5.44. The summed E-state index contributed by atoms with van der Waals surface area (Å²) in [6.07, 6.45) is 4.56. The zero-order valence-electron chi connectivity index (χ0n) is 10.4. The number of primary amides is 1. The summed E-state index contributed by atoms with van der Waals surface area (Å²) in [5, 5.41) is 3.14. The van der Waals surface area contributed by atoms with E-state index in [1.807, 2.05) is 13.8 Å². The Hall–Kier alpha value is -0.610. The summed E-state index contributed by atoms with van der Waals surface area (Å²) in [6, 6.07) is 0.00453. The van der Waals surface area contributed by atoms with Crippen molar-refractivity contribution in [2.24, 2.45) is 11.7 Å². The van der Waals surface area contributed by atoms with Crippen LogP contribution in [-0.4, -0.2) is 31.2 Å². The molecule has 0 aliphatic heterocycles. The lowest BCUT2D eigenvalue weighted by molar-refractivity contribution is -0.120. The normalized spacial score (nSPS) is 17.7. The predicted molar refractivity (Wildman–Crippen MR) is 64.0 cm³/mol. The SMILES string of the molecule is CC(C)NC(CCOCCC1CC1)C(N)=O. The summed E-state index contributed by atoms with van der Waals surface area (Å²) in [5.74, 6) is 0.611. The van der Waals surface area contributed by atoms with E-state index in [4.69, 9.17) is 10.5 Å². The molecule has 0 aromatic heterocycles. The van der Waals surface area contributed by atoms with Crippen LogP contribution in [0, 0.1) is 5.92 Å². The molecule has 0 radical (unpaired) electrons. The van der Waals surface area contributed by atoms with E-state index >= 15 is 0 Å². The molecule has 0 saturated heterocycles. The molecule has 1 aliphatic rings. The van der Waals surface area contributed by atoms with Gasteiger partial charge in [0.2, 0.25) is 5.91 Å². The first-order valence-corrected chi connectivity index (χ1v) is 6.22. The highest BCUT2D eigenvalue weighted by molar-refractivity contribution is 5.79. The Morgan fingerprint density at radius 1 is 1.44 bits per heavy atom. The third kappa shape index (κ3) is 6.08. The molecule has 4 heteroatoms. The topological polar surface area (TPSA) is 64.3 Å². The lowest BCUT2D eigenvalue weighted by Gasteiger charge is -2.17. The fourth-order valence-electron chi connectivity index (χ4n) is 1.67. The van der Waals surface area contributed by atoms with Crippen LogP contribution in [0.4, 0.5) is 0 Å². The van der Waals surface area contributed by atoms with Crippen molar-refractivity contribution in [2.45, 2.75) is 51.6 Å². The second-order valence-electron chi connectivity index (χ2n) is 4.91. The molecule has 4 nitrogen and oxygen atoms in total. The van der Waals surface area contributed by atoms with Crippen molar-refractivity contribution in [3.63, 3.8) is 0 Å². The molecule has 0 heterocycles. The largest absolute Gasteiger partial charge is 0.381 e. The molecule has 1 rings (SSSR count).